The molecule has 9 aromatic rings. The maximum Gasteiger partial charge on any atom is 0.164 e. The molecule has 1 atom stereocenters. The number of para-hydroxylation sites is 1. The lowest BCUT2D eigenvalue weighted by Crippen LogP contribution is -2.28. The Bertz CT molecular complexity index is 3200. The molecular formula is C53H39N3O. The van der Waals surface area contributed by atoms with Gasteiger partial charge in [-0.15, -0.1) is 0 Å². The maximum atomic E-state index is 6.55. The first-order valence-electron chi connectivity index (χ1n) is 19.9. The molecule has 0 N–H and O–H groups in total. The monoisotopic (exact) mass is 733 g/mol. The van der Waals surface area contributed by atoms with Gasteiger partial charge in [-0.1, -0.05) is 156 Å². The van der Waals surface area contributed by atoms with Crippen LogP contribution in [0, 0.1) is 0 Å². The van der Waals surface area contributed by atoms with Gasteiger partial charge in [0.05, 0.1) is 5.41 Å². The number of hydrogen-bond acceptors (Lipinski definition) is 4. The Morgan fingerprint density at radius 3 is 1.88 bits per heavy atom. The Morgan fingerprint density at radius 2 is 1.07 bits per heavy atom. The van der Waals surface area contributed by atoms with Crippen molar-refractivity contribution in [3.63, 3.8) is 0 Å². The number of fused-ring (bicyclic) bond motifs is 14. The van der Waals surface area contributed by atoms with Crippen molar-refractivity contribution in [3.8, 4) is 56.4 Å². The van der Waals surface area contributed by atoms with Gasteiger partial charge in [-0.2, -0.15) is 0 Å². The third-order valence-electron chi connectivity index (χ3n) is 13.1. The molecule has 6 bridgehead atoms. The molecule has 7 aromatic carbocycles. The van der Waals surface area contributed by atoms with Crippen molar-refractivity contribution in [1.82, 2.24) is 15.0 Å². The molecule has 1 aliphatic heterocycles. The van der Waals surface area contributed by atoms with Crippen LogP contribution in [0.5, 0.6) is 0 Å². The Morgan fingerprint density at radius 1 is 0.439 bits per heavy atom. The first kappa shape index (κ1) is 32.6. The predicted molar refractivity (Wildman–Crippen MR) is 231 cm³/mol. The van der Waals surface area contributed by atoms with Gasteiger partial charge in [0.15, 0.2) is 17.5 Å². The fraction of sp³-hybridized carbons (Fsp3) is 0.151. The molecule has 3 aliphatic rings. The molecular weight excluding hydrogens is 695 g/mol. The highest BCUT2D eigenvalue weighted by atomic mass is 16.3. The van der Waals surface area contributed by atoms with E-state index in [1.165, 1.54) is 55.6 Å². The Hall–Kier alpha value is -6.65. The molecule has 57 heavy (non-hydrogen) atoms. The van der Waals surface area contributed by atoms with Gasteiger partial charge < -0.3 is 4.42 Å². The summed E-state index contributed by atoms with van der Waals surface area (Å²) in [6.45, 7) is 11.6. The lowest BCUT2D eigenvalue weighted by molar-refractivity contribution is 0.588. The Kier molecular flexibility index (Phi) is 6.29. The largest absolute Gasteiger partial charge is 0.456 e. The van der Waals surface area contributed by atoms with Crippen LogP contribution in [0.2, 0.25) is 0 Å². The molecule has 0 saturated heterocycles. The van der Waals surface area contributed by atoms with Crippen LogP contribution in [0.3, 0.4) is 0 Å². The fourth-order valence-corrected chi connectivity index (χ4v) is 10.1. The van der Waals surface area contributed by atoms with Crippen LogP contribution >= 0.6 is 0 Å². The van der Waals surface area contributed by atoms with Gasteiger partial charge in [-0.3, -0.25) is 0 Å². The summed E-state index contributed by atoms with van der Waals surface area (Å²) in [5.41, 5.74) is 17.5. The third kappa shape index (κ3) is 4.30. The average molecular weight is 734 g/mol. The minimum atomic E-state index is -0.542. The molecule has 2 aliphatic carbocycles. The second-order valence-electron chi connectivity index (χ2n) is 17.6. The summed E-state index contributed by atoms with van der Waals surface area (Å²) < 4.78 is 6.55. The lowest BCUT2D eigenvalue weighted by atomic mass is 9.68. The number of rotatable bonds is 1. The van der Waals surface area contributed by atoms with Crippen LogP contribution in [0.15, 0.2) is 150 Å². The van der Waals surface area contributed by atoms with Gasteiger partial charge in [0.1, 0.15) is 11.2 Å². The van der Waals surface area contributed by atoms with E-state index in [1.54, 1.807) is 0 Å². The summed E-state index contributed by atoms with van der Waals surface area (Å²) >= 11 is 0. The van der Waals surface area contributed by atoms with Gasteiger partial charge in [-0.05, 0) is 90.9 Å². The van der Waals surface area contributed by atoms with Gasteiger partial charge in [0.2, 0.25) is 0 Å². The number of hydrogen-bond donors (Lipinski definition) is 0. The summed E-state index contributed by atoms with van der Waals surface area (Å²) in [5.74, 6) is 1.91. The SMILES string of the molecule is CC(C)(C)c1ccc2c(c1)C13c4ccccc4-c4ccc(cc41)-c1nc(-c4ccccc4)nc(n1)-c1cc4oc5ccccc5c4cc1C(C)(C)c1ccc-2c3c1. The van der Waals surface area contributed by atoms with Gasteiger partial charge in [0, 0.05) is 32.9 Å². The van der Waals surface area contributed by atoms with Crippen molar-refractivity contribution in [1.29, 1.82) is 0 Å². The van der Waals surface area contributed by atoms with Crippen molar-refractivity contribution in [2.24, 2.45) is 0 Å². The van der Waals surface area contributed by atoms with E-state index in [9.17, 15) is 0 Å². The third-order valence-corrected chi connectivity index (χ3v) is 13.1. The first-order valence-corrected chi connectivity index (χ1v) is 19.9. The summed E-state index contributed by atoms with van der Waals surface area (Å²) in [5, 5.41) is 2.18. The number of nitrogens with zero attached hydrogens (tertiary/aromatic N) is 3. The molecule has 0 fully saturated rings. The van der Waals surface area contributed by atoms with E-state index in [1.807, 2.05) is 30.3 Å². The predicted octanol–water partition coefficient (Wildman–Crippen LogP) is 13.1. The van der Waals surface area contributed by atoms with E-state index >= 15 is 0 Å². The molecule has 3 heterocycles. The van der Waals surface area contributed by atoms with Crippen LogP contribution in [0.1, 0.15) is 73.6 Å². The van der Waals surface area contributed by atoms with E-state index in [0.29, 0.717) is 17.5 Å². The van der Waals surface area contributed by atoms with E-state index in [4.69, 9.17) is 19.4 Å². The molecule has 1 unspecified atom stereocenters. The van der Waals surface area contributed by atoms with Crippen LogP contribution in [-0.2, 0) is 16.2 Å². The summed E-state index contributed by atoms with van der Waals surface area (Å²) in [6, 6.07) is 53.5. The second kappa shape index (κ2) is 11.0. The Balaban J connectivity index is 1.26. The summed E-state index contributed by atoms with van der Waals surface area (Å²) in [4.78, 5) is 16.0. The minimum absolute atomic E-state index is 0.0267. The van der Waals surface area contributed by atoms with Crippen LogP contribution in [0.4, 0.5) is 0 Å². The van der Waals surface area contributed by atoms with Crippen molar-refractivity contribution in [2.45, 2.75) is 50.9 Å². The van der Waals surface area contributed by atoms with E-state index < -0.39 is 10.8 Å². The smallest absolute Gasteiger partial charge is 0.164 e. The molecule has 0 saturated carbocycles. The quantitative estimate of drug-likeness (QED) is 0.169. The zero-order valence-electron chi connectivity index (χ0n) is 32.6. The van der Waals surface area contributed by atoms with Crippen LogP contribution in [0.25, 0.3) is 78.4 Å². The molecule has 2 aromatic heterocycles. The van der Waals surface area contributed by atoms with Crippen molar-refractivity contribution < 1.29 is 4.42 Å². The minimum Gasteiger partial charge on any atom is -0.456 e. The van der Waals surface area contributed by atoms with Crippen molar-refractivity contribution in [2.75, 3.05) is 0 Å². The Labute approximate surface area is 331 Å². The zero-order chi connectivity index (χ0) is 38.4. The van der Waals surface area contributed by atoms with Gasteiger partial charge >= 0.3 is 0 Å². The standard InChI is InChI=1S/C53H39N3O/c1-51(2,3)32-20-23-36-37-24-21-33-27-45(37)53(44(36)26-32)41-17-11-9-15-34(41)35-22-19-31(25-43(35)53)49-54-48(30-13-7-6-8-14-30)55-50(56-49)40-29-47-39(28-42(40)52(33,4)5)38-16-10-12-18-46(38)57-47/h6-29H,1-5H3. The average Bonchev–Trinajstić information content (AvgIpc) is 3.85. The molecule has 272 valence electrons. The fourth-order valence-electron chi connectivity index (χ4n) is 10.1. The van der Waals surface area contributed by atoms with E-state index in [0.717, 1.165) is 44.2 Å². The van der Waals surface area contributed by atoms with Gasteiger partial charge in [-0.25, -0.2) is 15.0 Å². The van der Waals surface area contributed by atoms with Crippen LogP contribution in [-0.4, -0.2) is 15.0 Å². The highest BCUT2D eigenvalue weighted by Crippen LogP contribution is 2.64. The van der Waals surface area contributed by atoms with Crippen molar-refractivity contribution >= 4 is 21.9 Å². The summed E-state index contributed by atoms with van der Waals surface area (Å²) in [6.07, 6.45) is 0. The molecule has 4 nitrogen and oxygen atoms in total. The molecule has 1 spiro atoms. The maximum absolute atomic E-state index is 6.55. The molecule has 0 amide bonds. The molecule has 0 radical (unpaired) electrons. The van der Waals surface area contributed by atoms with E-state index in [-0.39, 0.29) is 5.41 Å². The topological polar surface area (TPSA) is 51.8 Å². The summed E-state index contributed by atoms with van der Waals surface area (Å²) in [7, 11) is 0. The number of furan rings is 1. The second-order valence-corrected chi connectivity index (χ2v) is 17.6. The van der Waals surface area contributed by atoms with Crippen molar-refractivity contribution in [3.05, 3.63) is 185 Å². The molecule has 4 heteroatoms. The zero-order valence-corrected chi connectivity index (χ0v) is 32.6. The highest BCUT2D eigenvalue weighted by Gasteiger charge is 2.52. The number of benzene rings is 7. The van der Waals surface area contributed by atoms with Gasteiger partial charge in [0.25, 0.3) is 0 Å². The molecule has 12 rings (SSSR count). The normalized spacial score (nSPS) is 16.7. The highest BCUT2D eigenvalue weighted by molar-refractivity contribution is 6.06. The number of aromatic nitrogens is 3. The lowest BCUT2D eigenvalue weighted by Gasteiger charge is -2.34. The first-order chi connectivity index (χ1) is 27.6. The van der Waals surface area contributed by atoms with Crippen LogP contribution < -0.4 is 0 Å². The van der Waals surface area contributed by atoms with E-state index in [2.05, 4.69) is 150 Å².